The van der Waals surface area contributed by atoms with Crippen LogP contribution in [-0.2, 0) is 12.8 Å². The van der Waals surface area contributed by atoms with E-state index in [4.69, 9.17) is 0 Å². The summed E-state index contributed by atoms with van der Waals surface area (Å²) >= 11 is 7.53. The molecule has 0 radical (unpaired) electrons. The topological polar surface area (TPSA) is 6.48 Å². The lowest BCUT2D eigenvalue weighted by atomic mass is 10.0. The van der Waals surface area contributed by atoms with Crippen molar-refractivity contribution in [1.82, 2.24) is 0 Å². The van der Waals surface area contributed by atoms with Gasteiger partial charge in [0.15, 0.2) is 0 Å². The van der Waals surface area contributed by atoms with Crippen LogP contribution in [0.3, 0.4) is 0 Å². The van der Waals surface area contributed by atoms with Gasteiger partial charge in [-0.1, -0.05) is 0 Å². The first-order valence-electron chi connectivity index (χ1n) is 6.73. The van der Waals surface area contributed by atoms with Gasteiger partial charge in [-0.15, -0.1) is 0 Å². The predicted molar refractivity (Wildman–Crippen MR) is 95.4 cm³/mol. The molecule has 1 aliphatic rings. The summed E-state index contributed by atoms with van der Waals surface area (Å²) in [6.07, 6.45) is 2.28. The van der Waals surface area contributed by atoms with Crippen molar-refractivity contribution in [1.29, 1.82) is 0 Å². The maximum atomic E-state index is 3.77. The molecule has 4 heteroatoms. The van der Waals surface area contributed by atoms with E-state index in [2.05, 4.69) is 82.0 Å². The van der Waals surface area contributed by atoms with Crippen molar-refractivity contribution in [2.24, 2.45) is 0 Å². The molecule has 0 aromatic heterocycles. The third kappa shape index (κ3) is 1.96. The summed E-state index contributed by atoms with van der Waals surface area (Å²) in [7, 11) is 8.43. The van der Waals surface area contributed by atoms with Gasteiger partial charge in [-0.05, 0) is 73.3 Å². The Labute approximate surface area is 137 Å². The number of aryl methyl sites for hydroxylation is 2. The molecule has 0 amide bonds. The van der Waals surface area contributed by atoms with E-state index in [1.165, 1.54) is 42.2 Å². The molecule has 0 heterocycles. The first-order chi connectivity index (χ1) is 9.41. The van der Waals surface area contributed by atoms with Crippen LogP contribution in [0.25, 0.3) is 10.8 Å². The smallest absolute Gasteiger partial charge is 0.0606 e. The van der Waals surface area contributed by atoms with E-state index in [9.17, 15) is 0 Å². The average molecular weight is 398 g/mol. The van der Waals surface area contributed by atoms with E-state index in [1.807, 2.05) is 0 Å². The Hall–Kier alpha value is -0.740. The molecular weight excluding hydrogens is 380 g/mol. The number of benzene rings is 2. The molecule has 2 aromatic rings. The Morgan fingerprint density at radius 1 is 0.750 bits per heavy atom. The van der Waals surface area contributed by atoms with Gasteiger partial charge in [0, 0.05) is 42.5 Å². The highest BCUT2D eigenvalue weighted by atomic mass is 79.9. The minimum absolute atomic E-state index is 1.14. The highest BCUT2D eigenvalue weighted by Crippen LogP contribution is 2.48. The van der Waals surface area contributed by atoms with Crippen molar-refractivity contribution < 1.29 is 0 Å². The number of rotatable bonds is 2. The summed E-state index contributed by atoms with van der Waals surface area (Å²) in [4.78, 5) is 4.40. The van der Waals surface area contributed by atoms with Crippen LogP contribution < -0.4 is 9.80 Å². The molecule has 0 N–H and O–H groups in total. The third-order valence-electron chi connectivity index (χ3n) is 3.98. The van der Waals surface area contributed by atoms with Gasteiger partial charge in [-0.2, -0.15) is 0 Å². The molecule has 20 heavy (non-hydrogen) atoms. The summed E-state index contributed by atoms with van der Waals surface area (Å²) in [6.45, 7) is 0. The quantitative estimate of drug-likeness (QED) is 0.730. The highest BCUT2D eigenvalue weighted by Gasteiger charge is 2.24. The second kappa shape index (κ2) is 4.92. The van der Waals surface area contributed by atoms with Crippen LogP contribution in [0.4, 0.5) is 11.4 Å². The fraction of sp³-hybridized carbons (Fsp3) is 0.375. The number of anilines is 2. The zero-order chi connectivity index (χ0) is 14.6. The van der Waals surface area contributed by atoms with Crippen LogP contribution in [0, 0.1) is 0 Å². The van der Waals surface area contributed by atoms with E-state index in [-0.39, 0.29) is 0 Å². The van der Waals surface area contributed by atoms with E-state index >= 15 is 0 Å². The lowest BCUT2D eigenvalue weighted by Gasteiger charge is -2.25. The monoisotopic (exact) mass is 396 g/mol. The first-order valence-corrected chi connectivity index (χ1v) is 8.31. The van der Waals surface area contributed by atoms with Gasteiger partial charge in [0.25, 0.3) is 0 Å². The van der Waals surface area contributed by atoms with E-state index < -0.39 is 0 Å². The zero-order valence-corrected chi connectivity index (χ0v) is 15.4. The number of halogens is 2. The van der Waals surface area contributed by atoms with Crippen molar-refractivity contribution in [2.75, 3.05) is 38.0 Å². The molecule has 0 atom stereocenters. The summed E-state index contributed by atoms with van der Waals surface area (Å²) in [6, 6.07) is 4.59. The molecule has 106 valence electrons. The van der Waals surface area contributed by atoms with Gasteiger partial charge < -0.3 is 9.80 Å². The van der Waals surface area contributed by atoms with Gasteiger partial charge in [0.1, 0.15) is 0 Å². The van der Waals surface area contributed by atoms with Crippen LogP contribution in [0.15, 0.2) is 21.1 Å². The largest absolute Gasteiger partial charge is 0.376 e. The standard InChI is InChI=1S/C16H18Br2N2/c1-19(2)15-11(17)7-9-5-6-10-8-12(18)16(20(3)4)14(15)13(9)10/h7-8H,5-6H2,1-4H3. The van der Waals surface area contributed by atoms with Crippen LogP contribution >= 0.6 is 31.9 Å². The van der Waals surface area contributed by atoms with Crippen molar-refractivity contribution >= 4 is 54.0 Å². The van der Waals surface area contributed by atoms with E-state index in [0.29, 0.717) is 0 Å². The summed E-state index contributed by atoms with van der Waals surface area (Å²) < 4.78 is 2.36. The van der Waals surface area contributed by atoms with Gasteiger partial charge >= 0.3 is 0 Å². The summed E-state index contributed by atoms with van der Waals surface area (Å²) in [5, 5.41) is 2.80. The fourth-order valence-electron chi connectivity index (χ4n) is 3.24. The molecule has 0 fully saturated rings. The van der Waals surface area contributed by atoms with Crippen molar-refractivity contribution in [3.8, 4) is 0 Å². The Kier molecular flexibility index (Phi) is 3.49. The minimum atomic E-state index is 1.14. The van der Waals surface area contributed by atoms with Gasteiger partial charge in [-0.3, -0.25) is 0 Å². The molecule has 2 aromatic carbocycles. The maximum Gasteiger partial charge on any atom is 0.0606 e. The molecule has 2 nitrogen and oxygen atoms in total. The van der Waals surface area contributed by atoms with Gasteiger partial charge in [0.2, 0.25) is 0 Å². The predicted octanol–water partition coefficient (Wildman–Crippen LogP) is 4.60. The molecule has 1 aliphatic carbocycles. The molecule has 0 spiro atoms. The zero-order valence-electron chi connectivity index (χ0n) is 12.2. The third-order valence-corrected chi connectivity index (χ3v) is 5.19. The Morgan fingerprint density at radius 3 is 1.50 bits per heavy atom. The molecular formula is C16H18Br2N2. The fourth-order valence-corrected chi connectivity index (χ4v) is 4.90. The summed E-state index contributed by atoms with van der Waals surface area (Å²) in [5.41, 5.74) is 5.44. The molecule has 0 saturated heterocycles. The second-order valence-electron chi connectivity index (χ2n) is 5.77. The first kappa shape index (κ1) is 14.2. The molecule has 0 saturated carbocycles. The maximum absolute atomic E-state index is 3.77. The lowest BCUT2D eigenvalue weighted by molar-refractivity contribution is 1.02. The number of nitrogens with zero attached hydrogens (tertiary/aromatic N) is 2. The second-order valence-corrected chi connectivity index (χ2v) is 7.48. The molecule has 0 bridgehead atoms. The van der Waals surface area contributed by atoms with Crippen LogP contribution in [0.1, 0.15) is 11.1 Å². The minimum Gasteiger partial charge on any atom is -0.376 e. The molecule has 0 unspecified atom stereocenters. The van der Waals surface area contributed by atoms with Gasteiger partial charge in [-0.25, -0.2) is 0 Å². The lowest BCUT2D eigenvalue weighted by Crippen LogP contribution is -2.15. The SMILES string of the molecule is CN(C)c1c(Br)cc2c3c(cc(Br)c(N(C)C)c13)CC2. The highest BCUT2D eigenvalue weighted by molar-refractivity contribution is 9.11. The Bertz CT molecular complexity index is 649. The molecule has 3 rings (SSSR count). The molecule has 0 aliphatic heterocycles. The number of hydrogen-bond donors (Lipinski definition) is 0. The van der Waals surface area contributed by atoms with E-state index in [0.717, 1.165) is 12.8 Å². The van der Waals surface area contributed by atoms with Crippen molar-refractivity contribution in [3.05, 3.63) is 32.2 Å². The number of hydrogen-bond acceptors (Lipinski definition) is 2. The Morgan fingerprint density at radius 2 is 1.15 bits per heavy atom. The average Bonchev–Trinajstić information content (AvgIpc) is 2.71. The van der Waals surface area contributed by atoms with E-state index in [1.54, 1.807) is 0 Å². The van der Waals surface area contributed by atoms with Crippen molar-refractivity contribution in [3.63, 3.8) is 0 Å². The van der Waals surface area contributed by atoms with Crippen LogP contribution in [0.2, 0.25) is 0 Å². The normalized spacial score (nSPS) is 13.1. The van der Waals surface area contributed by atoms with Gasteiger partial charge in [0.05, 0.1) is 11.4 Å². The Balaban J connectivity index is 2.56. The van der Waals surface area contributed by atoms with Crippen LogP contribution in [-0.4, -0.2) is 28.2 Å². The van der Waals surface area contributed by atoms with Crippen LogP contribution in [0.5, 0.6) is 0 Å². The van der Waals surface area contributed by atoms with Crippen molar-refractivity contribution in [2.45, 2.75) is 12.8 Å². The summed E-state index contributed by atoms with van der Waals surface area (Å²) in [5.74, 6) is 0.